The van der Waals surface area contributed by atoms with Gasteiger partial charge in [0.25, 0.3) is 0 Å². The molecule has 0 amide bonds. The molecule has 2 aromatic carbocycles. The van der Waals surface area contributed by atoms with Crippen molar-refractivity contribution in [2.75, 3.05) is 14.2 Å². The van der Waals surface area contributed by atoms with Gasteiger partial charge in [0, 0.05) is 5.56 Å². The van der Waals surface area contributed by atoms with Crippen molar-refractivity contribution in [1.29, 1.82) is 0 Å². The van der Waals surface area contributed by atoms with E-state index in [4.69, 9.17) is 9.47 Å². The maximum atomic E-state index is 11.8. The molecule has 0 radical (unpaired) electrons. The number of carbonyl (C=O) groups excluding carboxylic acids is 1. The highest BCUT2D eigenvalue weighted by atomic mass is 16.5. The van der Waals surface area contributed by atoms with Crippen molar-refractivity contribution in [2.24, 2.45) is 0 Å². The van der Waals surface area contributed by atoms with E-state index in [9.17, 15) is 4.79 Å². The van der Waals surface area contributed by atoms with Gasteiger partial charge in [-0.3, -0.25) is 0 Å². The molecule has 0 spiro atoms. The largest absolute Gasteiger partial charge is 0.496 e. The Labute approximate surface area is 106 Å². The lowest BCUT2D eigenvalue weighted by Gasteiger charge is -2.12. The zero-order valence-corrected chi connectivity index (χ0v) is 10.3. The van der Waals surface area contributed by atoms with Crippen LogP contribution in [0.15, 0.2) is 48.5 Å². The highest BCUT2D eigenvalue weighted by Gasteiger charge is 2.17. The van der Waals surface area contributed by atoms with Crippen molar-refractivity contribution in [3.05, 3.63) is 54.1 Å². The van der Waals surface area contributed by atoms with Crippen LogP contribution in [0.3, 0.4) is 0 Å². The molecule has 0 N–H and O–H groups in total. The minimum absolute atomic E-state index is 0.368. The van der Waals surface area contributed by atoms with Gasteiger partial charge in [0.15, 0.2) is 0 Å². The first-order valence-corrected chi connectivity index (χ1v) is 5.58. The van der Waals surface area contributed by atoms with Crippen LogP contribution in [-0.4, -0.2) is 20.2 Å². The number of esters is 1. The molecule has 0 aliphatic carbocycles. The van der Waals surface area contributed by atoms with Gasteiger partial charge < -0.3 is 9.47 Å². The molecule has 18 heavy (non-hydrogen) atoms. The van der Waals surface area contributed by atoms with E-state index < -0.39 is 0 Å². The Morgan fingerprint density at radius 2 is 1.67 bits per heavy atom. The molecule has 2 aromatic rings. The van der Waals surface area contributed by atoms with Gasteiger partial charge in [-0.25, -0.2) is 4.79 Å². The maximum absolute atomic E-state index is 11.8. The van der Waals surface area contributed by atoms with Crippen LogP contribution in [0.5, 0.6) is 5.75 Å². The second-order valence-corrected chi connectivity index (χ2v) is 3.74. The molecule has 3 heteroatoms. The number of hydrogen-bond acceptors (Lipinski definition) is 3. The molecule has 0 aromatic heterocycles. The van der Waals surface area contributed by atoms with Gasteiger partial charge >= 0.3 is 5.97 Å². The Morgan fingerprint density at radius 1 is 0.944 bits per heavy atom. The van der Waals surface area contributed by atoms with Crippen LogP contribution in [0, 0.1) is 0 Å². The fourth-order valence-corrected chi connectivity index (χ4v) is 1.88. The van der Waals surface area contributed by atoms with Crippen LogP contribution in [0.25, 0.3) is 11.1 Å². The van der Waals surface area contributed by atoms with Crippen LogP contribution in [0.1, 0.15) is 10.4 Å². The van der Waals surface area contributed by atoms with Crippen molar-refractivity contribution < 1.29 is 14.3 Å². The summed E-state index contributed by atoms with van der Waals surface area (Å²) in [5.41, 5.74) is 2.19. The topological polar surface area (TPSA) is 35.5 Å². The Balaban J connectivity index is 2.66. The predicted octanol–water partition coefficient (Wildman–Crippen LogP) is 3.15. The smallest absolute Gasteiger partial charge is 0.338 e. The van der Waals surface area contributed by atoms with Crippen LogP contribution in [-0.2, 0) is 4.74 Å². The minimum Gasteiger partial charge on any atom is -0.496 e. The summed E-state index contributed by atoms with van der Waals surface area (Å²) in [6.07, 6.45) is 0. The molecule has 0 atom stereocenters. The van der Waals surface area contributed by atoms with Crippen LogP contribution in [0.4, 0.5) is 0 Å². The van der Waals surface area contributed by atoms with Crippen LogP contribution < -0.4 is 4.74 Å². The Kier molecular flexibility index (Phi) is 3.63. The van der Waals surface area contributed by atoms with Crippen LogP contribution >= 0.6 is 0 Å². The number of benzene rings is 2. The molecule has 0 heterocycles. The minimum atomic E-state index is -0.368. The zero-order valence-electron chi connectivity index (χ0n) is 10.3. The van der Waals surface area contributed by atoms with Gasteiger partial charge in [-0.15, -0.1) is 0 Å². The average molecular weight is 242 g/mol. The van der Waals surface area contributed by atoms with Gasteiger partial charge in [0.1, 0.15) is 5.75 Å². The number of methoxy groups -OCH3 is 2. The second kappa shape index (κ2) is 5.36. The summed E-state index contributed by atoms with van der Waals surface area (Å²) >= 11 is 0. The van der Waals surface area contributed by atoms with Gasteiger partial charge in [-0.2, -0.15) is 0 Å². The Bertz CT molecular complexity index is 547. The summed E-state index contributed by atoms with van der Waals surface area (Å²) < 4.78 is 10.1. The SMILES string of the molecule is COC(=O)c1cccc(OC)c1-c1ccccc1. The van der Waals surface area contributed by atoms with Crippen molar-refractivity contribution in [3.8, 4) is 16.9 Å². The number of hydrogen-bond donors (Lipinski definition) is 0. The lowest BCUT2D eigenvalue weighted by Crippen LogP contribution is -2.04. The summed E-state index contributed by atoms with van der Waals surface area (Å²) in [7, 11) is 2.96. The maximum Gasteiger partial charge on any atom is 0.338 e. The molecule has 2 rings (SSSR count). The molecular formula is C15H14O3. The Morgan fingerprint density at radius 3 is 2.28 bits per heavy atom. The lowest BCUT2D eigenvalue weighted by molar-refractivity contribution is 0.0601. The first-order chi connectivity index (χ1) is 8.77. The van der Waals surface area contributed by atoms with Crippen molar-refractivity contribution >= 4 is 5.97 Å². The number of rotatable bonds is 3. The average Bonchev–Trinajstić information content (AvgIpc) is 2.46. The zero-order chi connectivity index (χ0) is 13.0. The van der Waals surface area contributed by atoms with Gasteiger partial charge in [-0.05, 0) is 17.7 Å². The van der Waals surface area contributed by atoms with E-state index in [0.717, 1.165) is 11.1 Å². The molecular weight excluding hydrogens is 228 g/mol. The third-order valence-corrected chi connectivity index (χ3v) is 2.71. The van der Waals surface area contributed by atoms with Crippen molar-refractivity contribution in [2.45, 2.75) is 0 Å². The van der Waals surface area contributed by atoms with Crippen LogP contribution in [0.2, 0.25) is 0 Å². The molecule has 3 nitrogen and oxygen atoms in total. The van der Waals surface area contributed by atoms with E-state index in [0.29, 0.717) is 11.3 Å². The predicted molar refractivity (Wildman–Crippen MR) is 69.8 cm³/mol. The van der Waals surface area contributed by atoms with Gasteiger partial charge in [0.05, 0.1) is 19.8 Å². The standard InChI is InChI=1S/C15H14O3/c1-17-13-10-6-9-12(15(16)18-2)14(13)11-7-4-3-5-8-11/h3-10H,1-2H3. The number of carbonyl (C=O) groups is 1. The van der Waals surface area contributed by atoms with E-state index in [2.05, 4.69) is 0 Å². The van der Waals surface area contributed by atoms with E-state index >= 15 is 0 Å². The molecule has 0 aliphatic rings. The fraction of sp³-hybridized carbons (Fsp3) is 0.133. The molecule has 0 unspecified atom stereocenters. The fourth-order valence-electron chi connectivity index (χ4n) is 1.88. The summed E-state index contributed by atoms with van der Waals surface area (Å²) in [5, 5.41) is 0. The first kappa shape index (κ1) is 12.2. The third-order valence-electron chi connectivity index (χ3n) is 2.71. The number of ether oxygens (including phenoxy) is 2. The quantitative estimate of drug-likeness (QED) is 0.775. The summed E-state index contributed by atoms with van der Waals surface area (Å²) in [4.78, 5) is 11.8. The molecule has 0 saturated heterocycles. The second-order valence-electron chi connectivity index (χ2n) is 3.74. The van der Waals surface area contributed by atoms with Gasteiger partial charge in [-0.1, -0.05) is 36.4 Å². The summed E-state index contributed by atoms with van der Waals surface area (Å²) in [6.45, 7) is 0. The van der Waals surface area contributed by atoms with E-state index in [1.54, 1.807) is 19.2 Å². The van der Waals surface area contributed by atoms with Gasteiger partial charge in [0.2, 0.25) is 0 Å². The Hall–Kier alpha value is -2.29. The normalized spacial score (nSPS) is 9.89. The molecule has 92 valence electrons. The first-order valence-electron chi connectivity index (χ1n) is 5.58. The lowest BCUT2D eigenvalue weighted by atomic mass is 9.98. The van der Waals surface area contributed by atoms with E-state index in [-0.39, 0.29) is 5.97 Å². The molecule has 0 fully saturated rings. The van der Waals surface area contributed by atoms with Crippen molar-refractivity contribution in [3.63, 3.8) is 0 Å². The summed E-state index contributed by atoms with van der Waals surface area (Å²) in [6, 6.07) is 15.0. The van der Waals surface area contributed by atoms with Crippen molar-refractivity contribution in [1.82, 2.24) is 0 Å². The van der Waals surface area contributed by atoms with E-state index in [1.165, 1.54) is 7.11 Å². The van der Waals surface area contributed by atoms with E-state index in [1.807, 2.05) is 36.4 Å². The molecule has 0 saturated carbocycles. The monoisotopic (exact) mass is 242 g/mol. The molecule has 0 aliphatic heterocycles. The third kappa shape index (κ3) is 2.20. The highest BCUT2D eigenvalue weighted by molar-refractivity contribution is 5.99. The summed E-state index contributed by atoms with van der Waals surface area (Å²) in [5.74, 6) is 0.289. The molecule has 0 bridgehead atoms. The highest BCUT2D eigenvalue weighted by Crippen LogP contribution is 2.33.